The molecule has 1 heterocycles. The Labute approximate surface area is 153 Å². The highest BCUT2D eigenvalue weighted by Gasteiger charge is 2.12. The lowest BCUT2D eigenvalue weighted by Gasteiger charge is -2.12. The third kappa shape index (κ3) is 5.60. The second-order valence-electron chi connectivity index (χ2n) is 5.52. The van der Waals surface area contributed by atoms with Crippen molar-refractivity contribution in [3.05, 3.63) is 64.6 Å². The lowest BCUT2D eigenvalue weighted by atomic mass is 10.1. The number of carbonyl (C=O) groups excluding carboxylic acids is 1. The predicted octanol–water partition coefficient (Wildman–Crippen LogP) is 2.40. The highest BCUT2D eigenvalue weighted by atomic mass is 16.5. The average molecular weight is 356 g/mol. The van der Waals surface area contributed by atoms with Crippen molar-refractivity contribution in [3.63, 3.8) is 0 Å². The van der Waals surface area contributed by atoms with E-state index in [4.69, 9.17) is 9.47 Å². The van der Waals surface area contributed by atoms with Gasteiger partial charge in [0.2, 0.25) is 0 Å². The molecule has 2 rings (SSSR count). The SMILES string of the molecule is CCOCCCNC(=O)C(=Cc1ccc(OC)cc1)n1ccccc1=O. The highest BCUT2D eigenvalue weighted by Crippen LogP contribution is 2.15. The van der Waals surface area contributed by atoms with Gasteiger partial charge in [0.25, 0.3) is 11.5 Å². The van der Waals surface area contributed by atoms with Gasteiger partial charge >= 0.3 is 0 Å². The van der Waals surface area contributed by atoms with Crippen LogP contribution >= 0.6 is 0 Å². The molecule has 1 aromatic carbocycles. The third-order valence-electron chi connectivity index (χ3n) is 3.69. The molecule has 0 atom stereocenters. The smallest absolute Gasteiger partial charge is 0.268 e. The molecule has 1 aromatic heterocycles. The molecule has 26 heavy (non-hydrogen) atoms. The van der Waals surface area contributed by atoms with E-state index in [0.717, 1.165) is 11.3 Å². The van der Waals surface area contributed by atoms with E-state index in [9.17, 15) is 9.59 Å². The maximum atomic E-state index is 12.7. The zero-order valence-electron chi connectivity index (χ0n) is 15.1. The molecule has 0 saturated heterocycles. The second kappa shape index (κ2) is 10.2. The molecule has 1 N–H and O–H groups in total. The zero-order valence-corrected chi connectivity index (χ0v) is 15.1. The van der Waals surface area contributed by atoms with Gasteiger partial charge in [-0.3, -0.25) is 14.2 Å². The maximum Gasteiger partial charge on any atom is 0.268 e. The van der Waals surface area contributed by atoms with Crippen molar-refractivity contribution in [2.45, 2.75) is 13.3 Å². The minimum absolute atomic E-state index is 0.261. The van der Waals surface area contributed by atoms with Gasteiger partial charge in [-0.15, -0.1) is 0 Å². The van der Waals surface area contributed by atoms with Gasteiger partial charge in [0.1, 0.15) is 11.4 Å². The number of carbonyl (C=O) groups is 1. The van der Waals surface area contributed by atoms with Crippen molar-refractivity contribution >= 4 is 17.7 Å². The van der Waals surface area contributed by atoms with Crippen LogP contribution in [-0.4, -0.2) is 37.3 Å². The van der Waals surface area contributed by atoms with E-state index in [-0.39, 0.29) is 17.2 Å². The Morgan fingerprint density at radius 2 is 1.96 bits per heavy atom. The first-order chi connectivity index (χ1) is 12.7. The van der Waals surface area contributed by atoms with E-state index in [1.807, 2.05) is 19.1 Å². The van der Waals surface area contributed by atoms with Gasteiger partial charge in [0, 0.05) is 32.0 Å². The van der Waals surface area contributed by atoms with Gasteiger partial charge in [-0.1, -0.05) is 18.2 Å². The minimum atomic E-state index is -0.314. The molecule has 0 fully saturated rings. The topological polar surface area (TPSA) is 69.6 Å². The Hall–Kier alpha value is -2.86. The van der Waals surface area contributed by atoms with Crippen LogP contribution in [0, 0.1) is 0 Å². The summed E-state index contributed by atoms with van der Waals surface area (Å²) in [6.07, 6.45) is 3.97. The fraction of sp³-hybridized carbons (Fsp3) is 0.300. The summed E-state index contributed by atoms with van der Waals surface area (Å²) in [6.45, 7) is 3.63. The quantitative estimate of drug-likeness (QED) is 0.553. The first-order valence-electron chi connectivity index (χ1n) is 8.55. The van der Waals surface area contributed by atoms with E-state index in [1.54, 1.807) is 43.6 Å². The maximum absolute atomic E-state index is 12.7. The summed E-state index contributed by atoms with van der Waals surface area (Å²) < 4.78 is 11.7. The Morgan fingerprint density at radius 3 is 2.62 bits per heavy atom. The number of amides is 1. The van der Waals surface area contributed by atoms with Crippen LogP contribution in [0.3, 0.4) is 0 Å². The summed E-state index contributed by atoms with van der Waals surface area (Å²) in [7, 11) is 1.59. The standard InChI is InChI=1S/C20H24N2O4/c1-3-26-14-6-12-21-20(24)18(22-13-5-4-7-19(22)23)15-16-8-10-17(25-2)11-9-16/h4-5,7-11,13,15H,3,6,12,14H2,1-2H3,(H,21,24). The zero-order chi connectivity index (χ0) is 18.8. The van der Waals surface area contributed by atoms with Crippen LogP contribution in [0.1, 0.15) is 18.9 Å². The normalized spacial score (nSPS) is 11.2. The molecule has 6 nitrogen and oxygen atoms in total. The van der Waals surface area contributed by atoms with Crippen molar-refractivity contribution in [2.24, 2.45) is 0 Å². The number of ether oxygens (including phenoxy) is 2. The minimum Gasteiger partial charge on any atom is -0.497 e. The number of rotatable bonds is 9. The van der Waals surface area contributed by atoms with Crippen LogP contribution in [0.2, 0.25) is 0 Å². The Balaban J connectivity index is 2.24. The second-order valence-corrected chi connectivity index (χ2v) is 5.52. The molecule has 0 aliphatic rings. The molecule has 0 spiro atoms. The summed E-state index contributed by atoms with van der Waals surface area (Å²) in [5.74, 6) is 0.409. The molecular weight excluding hydrogens is 332 g/mol. The predicted molar refractivity (Wildman–Crippen MR) is 102 cm³/mol. The number of methoxy groups -OCH3 is 1. The van der Waals surface area contributed by atoms with Crippen molar-refractivity contribution in [3.8, 4) is 5.75 Å². The van der Waals surface area contributed by atoms with Crippen LogP contribution in [0.25, 0.3) is 11.8 Å². The van der Waals surface area contributed by atoms with Gasteiger partial charge < -0.3 is 14.8 Å². The highest BCUT2D eigenvalue weighted by molar-refractivity contribution is 6.18. The average Bonchev–Trinajstić information content (AvgIpc) is 2.67. The van der Waals surface area contributed by atoms with E-state index in [2.05, 4.69) is 5.32 Å². The van der Waals surface area contributed by atoms with Gasteiger partial charge in [-0.2, -0.15) is 0 Å². The summed E-state index contributed by atoms with van der Waals surface area (Å²) in [6, 6.07) is 12.0. The van der Waals surface area contributed by atoms with E-state index in [1.165, 1.54) is 10.6 Å². The molecule has 0 bridgehead atoms. The number of hydrogen-bond acceptors (Lipinski definition) is 4. The summed E-state index contributed by atoms with van der Waals surface area (Å²) in [5, 5.41) is 2.84. The van der Waals surface area contributed by atoms with Crippen LogP contribution in [0.15, 0.2) is 53.5 Å². The fourth-order valence-corrected chi connectivity index (χ4v) is 2.34. The Kier molecular flexibility index (Phi) is 7.64. The monoisotopic (exact) mass is 356 g/mol. The van der Waals surface area contributed by atoms with Crippen molar-refractivity contribution in [2.75, 3.05) is 26.9 Å². The van der Waals surface area contributed by atoms with Crippen molar-refractivity contribution in [1.29, 1.82) is 0 Å². The number of benzene rings is 1. The van der Waals surface area contributed by atoms with E-state index >= 15 is 0 Å². The molecule has 0 saturated carbocycles. The molecule has 1 amide bonds. The van der Waals surface area contributed by atoms with Gasteiger partial charge in [0.15, 0.2) is 0 Å². The lowest BCUT2D eigenvalue weighted by molar-refractivity contribution is -0.116. The molecule has 6 heteroatoms. The third-order valence-corrected chi connectivity index (χ3v) is 3.69. The molecule has 138 valence electrons. The molecule has 0 radical (unpaired) electrons. The summed E-state index contributed by atoms with van der Waals surface area (Å²) >= 11 is 0. The van der Waals surface area contributed by atoms with Crippen LogP contribution < -0.4 is 15.6 Å². The van der Waals surface area contributed by atoms with Crippen molar-refractivity contribution in [1.82, 2.24) is 9.88 Å². The first-order valence-corrected chi connectivity index (χ1v) is 8.55. The van der Waals surface area contributed by atoms with E-state index in [0.29, 0.717) is 26.2 Å². The Bertz CT molecular complexity index is 794. The lowest BCUT2D eigenvalue weighted by Crippen LogP contribution is -2.31. The van der Waals surface area contributed by atoms with Crippen LogP contribution in [-0.2, 0) is 9.53 Å². The fourth-order valence-electron chi connectivity index (χ4n) is 2.34. The number of hydrogen-bond donors (Lipinski definition) is 1. The van der Waals surface area contributed by atoms with Gasteiger partial charge in [-0.05, 0) is 43.2 Å². The van der Waals surface area contributed by atoms with E-state index < -0.39 is 0 Å². The Morgan fingerprint density at radius 1 is 1.19 bits per heavy atom. The molecule has 0 aliphatic carbocycles. The van der Waals surface area contributed by atoms with Crippen LogP contribution in [0.5, 0.6) is 5.75 Å². The number of pyridine rings is 1. The molecule has 0 unspecified atom stereocenters. The first kappa shape index (κ1) is 19.5. The van der Waals surface area contributed by atoms with Crippen molar-refractivity contribution < 1.29 is 14.3 Å². The molecular formula is C20H24N2O4. The van der Waals surface area contributed by atoms with Gasteiger partial charge in [-0.25, -0.2) is 0 Å². The largest absolute Gasteiger partial charge is 0.497 e. The number of nitrogens with one attached hydrogen (secondary N) is 1. The summed E-state index contributed by atoms with van der Waals surface area (Å²) in [4.78, 5) is 24.8. The van der Waals surface area contributed by atoms with Gasteiger partial charge in [0.05, 0.1) is 7.11 Å². The number of nitrogens with zero attached hydrogens (tertiary/aromatic N) is 1. The molecule has 0 aliphatic heterocycles. The van der Waals surface area contributed by atoms with Crippen LogP contribution in [0.4, 0.5) is 0 Å². The molecule has 2 aromatic rings. The summed E-state index contributed by atoms with van der Waals surface area (Å²) in [5.41, 5.74) is 0.787. The number of aromatic nitrogens is 1.